The van der Waals surface area contributed by atoms with Crippen LogP contribution >= 0.6 is 0 Å². The molecule has 0 amide bonds. The van der Waals surface area contributed by atoms with E-state index < -0.39 is 0 Å². The van der Waals surface area contributed by atoms with E-state index in [0.717, 1.165) is 18.5 Å². The van der Waals surface area contributed by atoms with E-state index in [1.807, 2.05) is 0 Å². The van der Waals surface area contributed by atoms with Gasteiger partial charge in [0.1, 0.15) is 5.82 Å². The van der Waals surface area contributed by atoms with Crippen molar-refractivity contribution in [3.05, 3.63) is 29.6 Å². The van der Waals surface area contributed by atoms with Crippen molar-refractivity contribution < 1.29 is 0 Å². The first-order valence-corrected chi connectivity index (χ1v) is 8.03. The molecule has 2 aliphatic heterocycles. The Morgan fingerprint density at radius 3 is 2.85 bits per heavy atom. The molecule has 20 heavy (non-hydrogen) atoms. The third kappa shape index (κ3) is 1.42. The topological polar surface area (TPSA) is 21.1 Å². The Balaban J connectivity index is 1.58. The highest BCUT2D eigenvalue weighted by molar-refractivity contribution is 5.77. The third-order valence-electron chi connectivity index (χ3n) is 5.68. The maximum absolute atomic E-state index is 4.93. The van der Waals surface area contributed by atoms with Crippen LogP contribution in [-0.4, -0.2) is 33.1 Å². The molecule has 2 fully saturated rings. The molecule has 1 aliphatic carbocycles. The van der Waals surface area contributed by atoms with Crippen molar-refractivity contribution in [3.8, 4) is 0 Å². The monoisotopic (exact) mass is 267 g/mol. The van der Waals surface area contributed by atoms with Gasteiger partial charge in [0.25, 0.3) is 0 Å². The molecule has 3 aliphatic rings. The van der Waals surface area contributed by atoms with Crippen LogP contribution in [0.15, 0.2) is 18.2 Å². The largest absolute Gasteiger partial charge is 0.323 e. The van der Waals surface area contributed by atoms with Gasteiger partial charge in [-0.2, -0.15) is 0 Å². The highest BCUT2D eigenvalue weighted by Crippen LogP contribution is 2.42. The zero-order valence-corrected chi connectivity index (χ0v) is 12.0. The molecule has 2 aromatic rings. The number of fused-ring (bicyclic) bond motifs is 6. The van der Waals surface area contributed by atoms with Crippen molar-refractivity contribution in [2.45, 2.75) is 57.2 Å². The van der Waals surface area contributed by atoms with Gasteiger partial charge in [0.05, 0.1) is 11.0 Å². The lowest BCUT2D eigenvalue weighted by Gasteiger charge is -2.38. The second-order valence-corrected chi connectivity index (χ2v) is 6.92. The SMILES string of the molecule is Cc1ccc2c(c1)nc1n2C2CC(C1)N(C1CCC1)C2. The Morgan fingerprint density at radius 2 is 2.05 bits per heavy atom. The van der Waals surface area contributed by atoms with Gasteiger partial charge in [-0.1, -0.05) is 12.5 Å². The molecular weight excluding hydrogens is 246 g/mol. The zero-order valence-electron chi connectivity index (χ0n) is 12.0. The summed E-state index contributed by atoms with van der Waals surface area (Å²) in [6.07, 6.45) is 6.77. The first kappa shape index (κ1) is 11.3. The lowest BCUT2D eigenvalue weighted by atomic mass is 9.90. The van der Waals surface area contributed by atoms with E-state index in [4.69, 9.17) is 4.98 Å². The van der Waals surface area contributed by atoms with Crippen LogP contribution in [0, 0.1) is 6.92 Å². The van der Waals surface area contributed by atoms with Crippen LogP contribution < -0.4 is 0 Å². The summed E-state index contributed by atoms with van der Waals surface area (Å²) in [7, 11) is 0. The molecule has 1 aromatic heterocycles. The Labute approximate surface area is 119 Å². The van der Waals surface area contributed by atoms with E-state index in [-0.39, 0.29) is 0 Å². The number of aryl methyl sites for hydroxylation is 1. The predicted octanol–water partition coefficient (Wildman–Crippen LogP) is 3.07. The average molecular weight is 267 g/mol. The third-order valence-corrected chi connectivity index (χ3v) is 5.68. The average Bonchev–Trinajstić information content (AvgIpc) is 2.87. The van der Waals surface area contributed by atoms with E-state index >= 15 is 0 Å². The quantitative estimate of drug-likeness (QED) is 0.792. The summed E-state index contributed by atoms with van der Waals surface area (Å²) >= 11 is 0. The lowest BCUT2D eigenvalue weighted by molar-refractivity contribution is 0.114. The first-order valence-electron chi connectivity index (χ1n) is 8.03. The van der Waals surface area contributed by atoms with E-state index in [1.165, 1.54) is 54.6 Å². The number of hydrogen-bond acceptors (Lipinski definition) is 2. The van der Waals surface area contributed by atoms with Gasteiger partial charge in [-0.3, -0.25) is 4.90 Å². The van der Waals surface area contributed by atoms with Gasteiger partial charge in [-0.15, -0.1) is 0 Å². The molecule has 0 N–H and O–H groups in total. The van der Waals surface area contributed by atoms with Crippen molar-refractivity contribution in [1.82, 2.24) is 14.5 Å². The molecule has 3 heteroatoms. The minimum absolute atomic E-state index is 0.664. The fourth-order valence-corrected chi connectivity index (χ4v) is 4.49. The van der Waals surface area contributed by atoms with E-state index in [0.29, 0.717) is 6.04 Å². The summed E-state index contributed by atoms with van der Waals surface area (Å²) in [4.78, 5) is 7.72. The minimum Gasteiger partial charge on any atom is -0.323 e. The highest BCUT2D eigenvalue weighted by atomic mass is 15.3. The molecule has 0 radical (unpaired) electrons. The number of nitrogens with zero attached hydrogens (tertiary/aromatic N) is 3. The van der Waals surface area contributed by atoms with Crippen LogP contribution in [0.4, 0.5) is 0 Å². The van der Waals surface area contributed by atoms with Gasteiger partial charge in [0.15, 0.2) is 0 Å². The molecule has 2 atom stereocenters. The molecule has 1 saturated heterocycles. The number of hydrogen-bond donors (Lipinski definition) is 0. The number of imidazole rings is 1. The summed E-state index contributed by atoms with van der Waals surface area (Å²) in [5.74, 6) is 1.33. The molecule has 2 bridgehead atoms. The smallest absolute Gasteiger partial charge is 0.111 e. The van der Waals surface area contributed by atoms with E-state index in [9.17, 15) is 0 Å². The summed E-state index contributed by atoms with van der Waals surface area (Å²) in [5, 5.41) is 0. The maximum Gasteiger partial charge on any atom is 0.111 e. The maximum atomic E-state index is 4.93. The fraction of sp³-hybridized carbons (Fsp3) is 0.588. The van der Waals surface area contributed by atoms with Crippen molar-refractivity contribution in [2.75, 3.05) is 6.54 Å². The Morgan fingerprint density at radius 1 is 1.15 bits per heavy atom. The fourth-order valence-electron chi connectivity index (χ4n) is 4.49. The Hall–Kier alpha value is -1.35. The van der Waals surface area contributed by atoms with Gasteiger partial charge >= 0.3 is 0 Å². The molecule has 104 valence electrons. The van der Waals surface area contributed by atoms with Crippen LogP contribution in [0.5, 0.6) is 0 Å². The molecule has 1 aromatic carbocycles. The summed E-state index contributed by atoms with van der Waals surface area (Å²) in [5.41, 5.74) is 3.86. The second kappa shape index (κ2) is 3.85. The van der Waals surface area contributed by atoms with E-state index in [2.05, 4.69) is 34.6 Å². The van der Waals surface area contributed by atoms with Gasteiger partial charge in [0.2, 0.25) is 0 Å². The van der Waals surface area contributed by atoms with E-state index in [1.54, 1.807) is 0 Å². The first-order chi connectivity index (χ1) is 9.79. The molecular formula is C17H21N3. The van der Waals surface area contributed by atoms with Crippen molar-refractivity contribution in [3.63, 3.8) is 0 Å². The molecule has 1 saturated carbocycles. The van der Waals surface area contributed by atoms with Gasteiger partial charge in [0, 0.05) is 31.1 Å². The van der Waals surface area contributed by atoms with Gasteiger partial charge < -0.3 is 4.57 Å². The van der Waals surface area contributed by atoms with Crippen molar-refractivity contribution in [1.29, 1.82) is 0 Å². The molecule has 0 spiro atoms. The Bertz CT molecular complexity index is 683. The zero-order chi connectivity index (χ0) is 13.3. The molecule has 5 rings (SSSR count). The second-order valence-electron chi connectivity index (χ2n) is 6.92. The van der Waals surface area contributed by atoms with Crippen LogP contribution in [0.1, 0.15) is 43.1 Å². The van der Waals surface area contributed by atoms with Crippen LogP contribution in [0.25, 0.3) is 11.0 Å². The molecule has 2 unspecified atom stereocenters. The molecule has 3 nitrogen and oxygen atoms in total. The predicted molar refractivity (Wildman–Crippen MR) is 80.0 cm³/mol. The standard InChI is InChI=1S/C17H21N3/c1-11-5-6-16-15(7-11)18-17-9-13-8-14(20(16)17)10-19(13)12-3-2-4-12/h5-7,12-14H,2-4,8-10H2,1H3. The summed E-state index contributed by atoms with van der Waals surface area (Å²) < 4.78 is 2.55. The van der Waals surface area contributed by atoms with Crippen molar-refractivity contribution in [2.24, 2.45) is 0 Å². The number of aromatic nitrogens is 2. The number of benzene rings is 1. The highest BCUT2D eigenvalue weighted by Gasteiger charge is 2.43. The minimum atomic E-state index is 0.664. The number of likely N-dealkylation sites (tertiary alicyclic amines) is 1. The van der Waals surface area contributed by atoms with Gasteiger partial charge in [-0.25, -0.2) is 4.98 Å². The summed E-state index contributed by atoms with van der Waals surface area (Å²) in [6.45, 7) is 3.41. The van der Waals surface area contributed by atoms with Gasteiger partial charge in [-0.05, 0) is 43.9 Å². The van der Waals surface area contributed by atoms with Crippen molar-refractivity contribution >= 4 is 11.0 Å². The number of rotatable bonds is 1. The lowest BCUT2D eigenvalue weighted by Crippen LogP contribution is -2.43. The van der Waals surface area contributed by atoms with Crippen LogP contribution in [0.3, 0.4) is 0 Å². The van der Waals surface area contributed by atoms with Crippen LogP contribution in [0.2, 0.25) is 0 Å². The Kier molecular flexibility index (Phi) is 2.18. The normalized spacial score (nSPS) is 29.6. The molecule has 3 heterocycles. The summed E-state index contributed by atoms with van der Waals surface area (Å²) in [6, 6.07) is 9.03. The van der Waals surface area contributed by atoms with Crippen LogP contribution in [-0.2, 0) is 6.42 Å².